The summed E-state index contributed by atoms with van der Waals surface area (Å²) in [5, 5.41) is 0.908. The maximum atomic E-state index is 12.1. The minimum Gasteiger partial charge on any atom is -0.339 e. The van der Waals surface area contributed by atoms with Gasteiger partial charge in [0.15, 0.2) is 0 Å². The van der Waals surface area contributed by atoms with Crippen molar-refractivity contribution in [3.63, 3.8) is 0 Å². The van der Waals surface area contributed by atoms with Crippen molar-refractivity contribution in [1.82, 2.24) is 4.90 Å². The maximum absolute atomic E-state index is 12.1. The van der Waals surface area contributed by atoms with Crippen LogP contribution in [0.2, 0.25) is 0 Å². The number of unbranched alkanes of at least 4 members (excludes halogenated alkanes) is 4. The van der Waals surface area contributed by atoms with Gasteiger partial charge in [0.1, 0.15) is 0 Å². The number of nitrogens with zero attached hydrogens (tertiary/aromatic N) is 1. The molecule has 1 aliphatic rings. The summed E-state index contributed by atoms with van der Waals surface area (Å²) >= 11 is 3.45. The van der Waals surface area contributed by atoms with Crippen molar-refractivity contribution in [2.75, 3.05) is 11.9 Å². The molecule has 0 radical (unpaired) electrons. The summed E-state index contributed by atoms with van der Waals surface area (Å²) in [4.78, 5) is 14.2. The average Bonchev–Trinajstić information content (AvgIpc) is 2.25. The summed E-state index contributed by atoms with van der Waals surface area (Å²) in [5.74, 6) is 0.380. The zero-order valence-electron chi connectivity index (χ0n) is 11.1. The zero-order chi connectivity index (χ0) is 12.5. The molecule has 0 aromatic heterocycles. The van der Waals surface area contributed by atoms with E-state index >= 15 is 0 Å². The van der Waals surface area contributed by atoms with Crippen molar-refractivity contribution in [2.45, 2.75) is 70.8 Å². The minimum absolute atomic E-state index is 0.380. The first-order valence-corrected chi connectivity index (χ1v) is 8.27. The van der Waals surface area contributed by atoms with Gasteiger partial charge in [0.25, 0.3) is 0 Å². The molecule has 0 unspecified atom stereocenters. The predicted octanol–water partition coefficient (Wildman–Crippen LogP) is 4.12. The third-order valence-corrected chi connectivity index (χ3v) is 4.01. The second-order valence-electron chi connectivity index (χ2n) is 5.03. The molecule has 3 heteroatoms. The van der Waals surface area contributed by atoms with Crippen LogP contribution in [0.15, 0.2) is 0 Å². The van der Waals surface area contributed by atoms with Crippen LogP contribution in [0, 0.1) is 0 Å². The zero-order valence-corrected chi connectivity index (χ0v) is 12.7. The molecular formula is C14H26BrNO. The van der Waals surface area contributed by atoms with Crippen LogP contribution in [0.5, 0.6) is 0 Å². The topological polar surface area (TPSA) is 20.3 Å². The number of carbonyl (C=O) groups excluding carboxylic acids is 1. The molecule has 0 saturated heterocycles. The van der Waals surface area contributed by atoms with Crippen LogP contribution in [-0.2, 0) is 4.79 Å². The summed E-state index contributed by atoms with van der Waals surface area (Å²) in [6, 6.07) is 0.552. The van der Waals surface area contributed by atoms with Crippen LogP contribution < -0.4 is 0 Å². The van der Waals surface area contributed by atoms with Crippen LogP contribution >= 0.6 is 15.9 Å². The fourth-order valence-corrected chi connectivity index (χ4v) is 2.71. The Morgan fingerprint density at radius 2 is 1.94 bits per heavy atom. The van der Waals surface area contributed by atoms with Crippen molar-refractivity contribution < 1.29 is 4.79 Å². The highest BCUT2D eigenvalue weighted by Gasteiger charge is 2.27. The van der Waals surface area contributed by atoms with Gasteiger partial charge >= 0.3 is 0 Å². The highest BCUT2D eigenvalue weighted by molar-refractivity contribution is 9.09. The van der Waals surface area contributed by atoms with Gasteiger partial charge in [0.05, 0.1) is 0 Å². The van der Waals surface area contributed by atoms with E-state index in [2.05, 4.69) is 27.8 Å². The molecule has 1 aliphatic carbocycles. The number of halogens is 1. The molecule has 0 N–H and O–H groups in total. The summed E-state index contributed by atoms with van der Waals surface area (Å²) < 4.78 is 0. The third kappa shape index (κ3) is 5.41. The fraction of sp³-hybridized carbons (Fsp3) is 0.929. The lowest BCUT2D eigenvalue weighted by Crippen LogP contribution is -2.45. The third-order valence-electron chi connectivity index (χ3n) is 3.66. The Bertz CT molecular complexity index is 216. The molecule has 0 aliphatic heterocycles. The molecule has 0 atom stereocenters. The van der Waals surface area contributed by atoms with Crippen molar-refractivity contribution in [3.05, 3.63) is 0 Å². The summed E-state index contributed by atoms with van der Waals surface area (Å²) in [6.07, 6.45) is 10.6. The Morgan fingerprint density at radius 3 is 2.47 bits per heavy atom. The van der Waals surface area contributed by atoms with Crippen LogP contribution in [0.3, 0.4) is 0 Å². The van der Waals surface area contributed by atoms with E-state index in [9.17, 15) is 4.79 Å². The molecule has 1 rings (SSSR count). The molecule has 0 bridgehead atoms. The molecule has 2 nitrogen and oxygen atoms in total. The highest BCUT2D eigenvalue weighted by atomic mass is 79.9. The van der Waals surface area contributed by atoms with E-state index in [0.717, 1.165) is 24.7 Å². The van der Waals surface area contributed by atoms with Gasteiger partial charge in [0.2, 0.25) is 5.91 Å². The first-order valence-electron chi connectivity index (χ1n) is 7.15. The van der Waals surface area contributed by atoms with Crippen molar-refractivity contribution in [2.24, 2.45) is 0 Å². The van der Waals surface area contributed by atoms with Gasteiger partial charge in [-0.05, 0) is 25.7 Å². The van der Waals surface area contributed by atoms with Gasteiger partial charge in [-0.1, -0.05) is 48.5 Å². The molecule has 0 heterocycles. The Balaban J connectivity index is 2.17. The van der Waals surface area contributed by atoms with Crippen molar-refractivity contribution >= 4 is 21.8 Å². The molecule has 0 spiro atoms. The van der Waals surface area contributed by atoms with E-state index in [1.54, 1.807) is 0 Å². The van der Waals surface area contributed by atoms with Gasteiger partial charge in [-0.3, -0.25) is 4.79 Å². The van der Waals surface area contributed by atoms with Gasteiger partial charge in [0, 0.05) is 24.3 Å². The van der Waals surface area contributed by atoms with E-state index < -0.39 is 0 Å². The predicted molar refractivity (Wildman–Crippen MR) is 76.5 cm³/mol. The van der Waals surface area contributed by atoms with E-state index in [1.165, 1.54) is 44.9 Å². The van der Waals surface area contributed by atoms with Gasteiger partial charge in [-0.15, -0.1) is 0 Å². The van der Waals surface area contributed by atoms with Crippen LogP contribution in [0.25, 0.3) is 0 Å². The summed E-state index contributed by atoms with van der Waals surface area (Å²) in [5.41, 5.74) is 0. The van der Waals surface area contributed by atoms with Gasteiger partial charge in [-0.25, -0.2) is 0 Å². The molecule has 17 heavy (non-hydrogen) atoms. The number of rotatable bonds is 9. The number of hydrogen-bond donors (Lipinski definition) is 0. The Hall–Kier alpha value is -0.0500. The average molecular weight is 304 g/mol. The van der Waals surface area contributed by atoms with Gasteiger partial charge in [-0.2, -0.15) is 0 Å². The second kappa shape index (κ2) is 8.96. The Kier molecular flexibility index (Phi) is 7.91. The van der Waals surface area contributed by atoms with E-state index in [4.69, 9.17) is 0 Å². The highest BCUT2D eigenvalue weighted by Crippen LogP contribution is 2.25. The molecule has 0 aromatic carbocycles. The first-order chi connectivity index (χ1) is 8.29. The number of carbonyl (C=O) groups is 1. The van der Waals surface area contributed by atoms with Crippen LogP contribution in [0.4, 0.5) is 0 Å². The molecule has 0 aromatic rings. The number of hydrogen-bond acceptors (Lipinski definition) is 1. The largest absolute Gasteiger partial charge is 0.339 e. The summed E-state index contributed by atoms with van der Waals surface area (Å²) in [7, 11) is 0. The number of amides is 1. The smallest absolute Gasteiger partial charge is 0.222 e. The molecule has 1 saturated carbocycles. The van der Waals surface area contributed by atoms with Crippen LogP contribution in [0.1, 0.15) is 64.7 Å². The van der Waals surface area contributed by atoms with E-state index in [-0.39, 0.29) is 0 Å². The Labute approximate surface area is 114 Å². The van der Waals surface area contributed by atoms with Crippen molar-refractivity contribution in [3.8, 4) is 0 Å². The lowest BCUT2D eigenvalue weighted by atomic mass is 9.91. The SMILES string of the molecule is CCCCCCCC(=O)N(CCBr)C1CCC1. The van der Waals surface area contributed by atoms with E-state index in [1.807, 2.05) is 0 Å². The molecule has 100 valence electrons. The van der Waals surface area contributed by atoms with Crippen molar-refractivity contribution in [1.29, 1.82) is 0 Å². The normalized spacial score (nSPS) is 15.6. The summed E-state index contributed by atoms with van der Waals surface area (Å²) in [6.45, 7) is 3.11. The van der Waals surface area contributed by atoms with Crippen LogP contribution in [-0.4, -0.2) is 28.7 Å². The fourth-order valence-electron chi connectivity index (χ4n) is 2.32. The Morgan fingerprint density at radius 1 is 1.24 bits per heavy atom. The standard InChI is InChI=1S/C14H26BrNO/c1-2-3-4-5-6-10-14(17)16(12-11-15)13-8-7-9-13/h13H,2-12H2,1H3. The maximum Gasteiger partial charge on any atom is 0.222 e. The minimum atomic E-state index is 0.380. The first kappa shape index (κ1) is 15.0. The lowest BCUT2D eigenvalue weighted by Gasteiger charge is -2.37. The van der Waals surface area contributed by atoms with Gasteiger partial charge < -0.3 is 4.90 Å². The molecular weight excluding hydrogens is 278 g/mol. The quantitative estimate of drug-likeness (QED) is 0.463. The van der Waals surface area contributed by atoms with E-state index in [0.29, 0.717) is 11.9 Å². The molecule has 1 amide bonds. The monoisotopic (exact) mass is 303 g/mol. The lowest BCUT2D eigenvalue weighted by molar-refractivity contribution is -0.135. The number of alkyl halides is 1. The second-order valence-corrected chi connectivity index (χ2v) is 5.82. The molecule has 1 fully saturated rings.